The third-order valence-corrected chi connectivity index (χ3v) is 4.48. The van der Waals surface area contributed by atoms with Crippen LogP contribution in [-0.2, 0) is 12.6 Å². The van der Waals surface area contributed by atoms with Crippen LogP contribution in [0.25, 0.3) is 0 Å². The second kappa shape index (κ2) is 6.90. The smallest absolute Gasteiger partial charge is 0.340 e. The summed E-state index contributed by atoms with van der Waals surface area (Å²) in [5, 5.41) is 3.04. The highest BCUT2D eigenvalue weighted by molar-refractivity contribution is 5.65. The highest BCUT2D eigenvalue weighted by atomic mass is 19.4. The number of aryl methyl sites for hydroxylation is 1. The summed E-state index contributed by atoms with van der Waals surface area (Å²) in [7, 11) is 0. The van der Waals surface area contributed by atoms with Crippen molar-refractivity contribution in [3.63, 3.8) is 0 Å². The van der Waals surface area contributed by atoms with Crippen LogP contribution in [0.15, 0.2) is 60.8 Å². The Balaban J connectivity index is 1.57. The molecule has 27 heavy (non-hydrogen) atoms. The van der Waals surface area contributed by atoms with Gasteiger partial charge in [-0.05, 0) is 54.8 Å². The van der Waals surface area contributed by atoms with Gasteiger partial charge in [-0.25, -0.2) is 4.98 Å². The van der Waals surface area contributed by atoms with Gasteiger partial charge in [0.15, 0.2) is 0 Å². The van der Waals surface area contributed by atoms with Crippen molar-refractivity contribution in [2.24, 2.45) is 0 Å². The van der Waals surface area contributed by atoms with Gasteiger partial charge < -0.3 is 10.2 Å². The minimum Gasteiger partial charge on any atom is -0.340 e. The first-order valence-corrected chi connectivity index (χ1v) is 8.63. The molecule has 1 N–H and O–H groups in total. The Hall–Kier alpha value is -3.09. The number of anilines is 4. The second-order valence-electron chi connectivity index (χ2n) is 6.33. The molecule has 4 nitrogen and oxygen atoms in total. The zero-order valence-electron chi connectivity index (χ0n) is 14.4. The summed E-state index contributed by atoms with van der Waals surface area (Å²) >= 11 is 0. The van der Waals surface area contributed by atoms with Gasteiger partial charge in [0.05, 0.1) is 5.56 Å². The molecule has 0 amide bonds. The van der Waals surface area contributed by atoms with Gasteiger partial charge in [0.1, 0.15) is 5.82 Å². The minimum atomic E-state index is -4.34. The molecular formula is C20H17F3N4. The largest absolute Gasteiger partial charge is 0.416 e. The zero-order chi connectivity index (χ0) is 18.9. The van der Waals surface area contributed by atoms with Gasteiger partial charge in [-0.2, -0.15) is 18.2 Å². The van der Waals surface area contributed by atoms with Crippen LogP contribution in [0.3, 0.4) is 0 Å². The van der Waals surface area contributed by atoms with E-state index in [1.807, 2.05) is 18.2 Å². The Morgan fingerprint density at radius 1 is 0.963 bits per heavy atom. The average molecular weight is 370 g/mol. The van der Waals surface area contributed by atoms with Crippen LogP contribution in [0.5, 0.6) is 0 Å². The van der Waals surface area contributed by atoms with E-state index in [1.54, 1.807) is 12.3 Å². The molecule has 0 spiro atoms. The number of aromatic nitrogens is 2. The molecule has 1 aromatic heterocycles. The molecule has 3 aromatic rings. The molecule has 0 atom stereocenters. The third kappa shape index (κ3) is 3.72. The first-order chi connectivity index (χ1) is 13.0. The van der Waals surface area contributed by atoms with Crippen molar-refractivity contribution in [3.05, 3.63) is 71.9 Å². The number of nitrogens with one attached hydrogen (secondary N) is 1. The summed E-state index contributed by atoms with van der Waals surface area (Å²) in [6.45, 7) is 0.820. The van der Waals surface area contributed by atoms with E-state index in [-0.39, 0.29) is 0 Å². The van der Waals surface area contributed by atoms with Crippen LogP contribution < -0.4 is 10.2 Å². The van der Waals surface area contributed by atoms with Gasteiger partial charge >= 0.3 is 6.18 Å². The summed E-state index contributed by atoms with van der Waals surface area (Å²) in [6.07, 6.45) is -0.665. The third-order valence-electron chi connectivity index (χ3n) is 4.48. The van der Waals surface area contributed by atoms with E-state index < -0.39 is 11.7 Å². The number of hydrogen-bond acceptors (Lipinski definition) is 4. The second-order valence-corrected chi connectivity index (χ2v) is 6.33. The lowest BCUT2D eigenvalue weighted by Gasteiger charge is -2.29. The molecule has 1 aliphatic heterocycles. The van der Waals surface area contributed by atoms with Gasteiger partial charge in [0, 0.05) is 24.1 Å². The molecule has 0 saturated carbocycles. The molecule has 4 rings (SSSR count). The van der Waals surface area contributed by atoms with Crippen LogP contribution in [0.2, 0.25) is 0 Å². The van der Waals surface area contributed by atoms with Crippen molar-refractivity contribution >= 4 is 23.1 Å². The number of rotatable bonds is 3. The molecule has 0 saturated heterocycles. The molecule has 138 valence electrons. The van der Waals surface area contributed by atoms with Gasteiger partial charge in [-0.3, -0.25) is 0 Å². The van der Waals surface area contributed by atoms with E-state index in [0.717, 1.165) is 37.2 Å². The molecule has 2 heterocycles. The summed E-state index contributed by atoms with van der Waals surface area (Å²) in [4.78, 5) is 11.0. The maximum Gasteiger partial charge on any atom is 0.416 e. The van der Waals surface area contributed by atoms with E-state index in [9.17, 15) is 13.2 Å². The lowest BCUT2D eigenvalue weighted by atomic mass is 10.0. The molecule has 0 radical (unpaired) electrons. The van der Waals surface area contributed by atoms with Gasteiger partial charge in [-0.1, -0.05) is 18.2 Å². The lowest BCUT2D eigenvalue weighted by molar-refractivity contribution is -0.137. The molecule has 7 heteroatoms. The Bertz CT molecular complexity index is 938. The normalized spacial score (nSPS) is 14.0. The maximum absolute atomic E-state index is 12.7. The molecule has 0 unspecified atom stereocenters. The van der Waals surface area contributed by atoms with E-state index in [0.29, 0.717) is 17.5 Å². The van der Waals surface area contributed by atoms with E-state index in [1.165, 1.54) is 17.7 Å². The van der Waals surface area contributed by atoms with Crippen molar-refractivity contribution in [1.82, 2.24) is 9.97 Å². The molecule has 1 aliphatic rings. The van der Waals surface area contributed by atoms with Crippen LogP contribution in [0, 0.1) is 0 Å². The highest BCUT2D eigenvalue weighted by Crippen LogP contribution is 2.32. The fourth-order valence-electron chi connectivity index (χ4n) is 3.18. The van der Waals surface area contributed by atoms with Crippen LogP contribution in [0.1, 0.15) is 17.5 Å². The van der Waals surface area contributed by atoms with Gasteiger partial charge in [0.25, 0.3) is 0 Å². The van der Waals surface area contributed by atoms with Gasteiger partial charge in [0.2, 0.25) is 5.95 Å². The standard InChI is InChI=1S/C20H17F3N4/c21-20(22,23)15-7-9-16(10-8-15)25-18-11-12-24-19(26-18)27-13-3-5-14-4-1-2-6-17(14)27/h1-2,4,6-12H,3,5,13H2,(H,24,25,26). The first-order valence-electron chi connectivity index (χ1n) is 8.63. The number of benzene rings is 2. The highest BCUT2D eigenvalue weighted by Gasteiger charge is 2.30. The summed E-state index contributed by atoms with van der Waals surface area (Å²) < 4.78 is 38.0. The summed E-state index contributed by atoms with van der Waals surface area (Å²) in [5.41, 5.74) is 2.21. The monoisotopic (exact) mass is 370 g/mol. The van der Waals surface area contributed by atoms with E-state index in [2.05, 4.69) is 26.3 Å². The Morgan fingerprint density at radius 2 is 1.74 bits per heavy atom. The topological polar surface area (TPSA) is 41.1 Å². The molecule has 0 fully saturated rings. The zero-order valence-corrected chi connectivity index (χ0v) is 14.4. The molecule has 2 aromatic carbocycles. The Kier molecular flexibility index (Phi) is 4.43. The number of nitrogens with zero attached hydrogens (tertiary/aromatic N) is 3. The first kappa shape index (κ1) is 17.3. The predicted octanol–water partition coefficient (Wildman–Crippen LogP) is 5.32. The van der Waals surface area contributed by atoms with E-state index >= 15 is 0 Å². The van der Waals surface area contributed by atoms with Crippen molar-refractivity contribution in [3.8, 4) is 0 Å². The fourth-order valence-corrected chi connectivity index (χ4v) is 3.18. The average Bonchev–Trinajstić information content (AvgIpc) is 2.67. The number of para-hydroxylation sites is 1. The maximum atomic E-state index is 12.7. The quantitative estimate of drug-likeness (QED) is 0.677. The Morgan fingerprint density at radius 3 is 2.52 bits per heavy atom. The number of hydrogen-bond donors (Lipinski definition) is 1. The van der Waals surface area contributed by atoms with Crippen molar-refractivity contribution < 1.29 is 13.2 Å². The van der Waals surface area contributed by atoms with Crippen molar-refractivity contribution in [1.29, 1.82) is 0 Å². The number of alkyl halides is 3. The molecular weight excluding hydrogens is 353 g/mol. The van der Waals surface area contributed by atoms with Gasteiger partial charge in [-0.15, -0.1) is 0 Å². The van der Waals surface area contributed by atoms with Crippen LogP contribution in [0.4, 0.5) is 36.3 Å². The van der Waals surface area contributed by atoms with Crippen molar-refractivity contribution in [2.45, 2.75) is 19.0 Å². The molecule has 0 bridgehead atoms. The number of halogens is 3. The van der Waals surface area contributed by atoms with Crippen LogP contribution in [-0.4, -0.2) is 16.5 Å². The van der Waals surface area contributed by atoms with E-state index in [4.69, 9.17) is 0 Å². The SMILES string of the molecule is FC(F)(F)c1ccc(Nc2ccnc(N3CCCc4ccccc43)n2)cc1. The Labute approximate surface area is 154 Å². The lowest BCUT2D eigenvalue weighted by Crippen LogP contribution is -2.26. The molecule has 0 aliphatic carbocycles. The summed E-state index contributed by atoms with van der Waals surface area (Å²) in [6, 6.07) is 14.7. The van der Waals surface area contributed by atoms with Crippen LogP contribution >= 0.6 is 0 Å². The summed E-state index contributed by atoms with van der Waals surface area (Å²) in [5.74, 6) is 1.10. The van der Waals surface area contributed by atoms with Crippen molar-refractivity contribution in [2.75, 3.05) is 16.8 Å². The number of fused-ring (bicyclic) bond motifs is 1. The minimum absolute atomic E-state index is 0.530. The fraction of sp³-hybridized carbons (Fsp3) is 0.200. The predicted molar refractivity (Wildman–Crippen MR) is 98.5 cm³/mol.